The molecule has 0 aliphatic carbocycles. The van der Waals surface area contributed by atoms with Crippen LogP contribution in [0.4, 0.5) is 23.4 Å². The lowest BCUT2D eigenvalue weighted by atomic mass is 9.99. The number of fused-ring (bicyclic) bond motifs is 7. The van der Waals surface area contributed by atoms with Crippen LogP contribution in [-0.2, 0) is 19.3 Å². The molecule has 5 rings (SSSR count). The number of hydrogen-bond donors (Lipinski definition) is 1. The van der Waals surface area contributed by atoms with Gasteiger partial charge in [0.2, 0.25) is 0 Å². The summed E-state index contributed by atoms with van der Waals surface area (Å²) in [6.07, 6.45) is -2.26. The standard InChI is InChI=1S/C23H20F4N6O/c1-3-32-21-13-6-19(22(28)29-9-13)34-12(2)17-7-15(24)4-5-16(17)18-8-20(23(25,26)27)31-33(18)11-14(21)10-30-32/h4-10,12H,3,11H2,1-2H3,(H2,28,29). The molecule has 0 spiro atoms. The molecule has 4 heterocycles. The number of nitrogens with two attached hydrogens (primary N) is 1. The highest BCUT2D eigenvalue weighted by Gasteiger charge is 2.36. The van der Waals surface area contributed by atoms with Crippen LogP contribution in [0.1, 0.15) is 36.8 Å². The highest BCUT2D eigenvalue weighted by Crippen LogP contribution is 2.39. The molecule has 11 heteroatoms. The van der Waals surface area contributed by atoms with Gasteiger partial charge in [0.15, 0.2) is 17.3 Å². The number of pyridine rings is 1. The molecule has 0 amide bonds. The van der Waals surface area contributed by atoms with Crippen LogP contribution in [0.25, 0.3) is 22.5 Å². The Kier molecular flexibility index (Phi) is 5.07. The minimum absolute atomic E-state index is 0.00646. The molecule has 1 aliphatic heterocycles. The number of benzene rings is 1. The average Bonchev–Trinajstić information content (AvgIpc) is 3.39. The SMILES string of the molecule is CCn1ncc2c1-c1cnc(N)c(c1)OC(C)c1cc(F)ccc1-c1cc(C(F)(F)F)nn1C2. The van der Waals surface area contributed by atoms with Gasteiger partial charge in [0.25, 0.3) is 0 Å². The van der Waals surface area contributed by atoms with Gasteiger partial charge in [-0.05, 0) is 44.2 Å². The van der Waals surface area contributed by atoms with E-state index in [0.29, 0.717) is 34.5 Å². The summed E-state index contributed by atoms with van der Waals surface area (Å²) in [6, 6.07) is 6.54. The summed E-state index contributed by atoms with van der Waals surface area (Å²) in [7, 11) is 0. The third-order valence-corrected chi connectivity index (χ3v) is 5.79. The maximum absolute atomic E-state index is 14.2. The smallest absolute Gasteiger partial charge is 0.435 e. The zero-order valence-corrected chi connectivity index (χ0v) is 18.3. The molecule has 7 nitrogen and oxygen atoms in total. The maximum atomic E-state index is 14.2. The zero-order valence-electron chi connectivity index (χ0n) is 18.3. The number of anilines is 1. The van der Waals surface area contributed by atoms with Gasteiger partial charge in [-0.25, -0.2) is 9.37 Å². The van der Waals surface area contributed by atoms with Gasteiger partial charge in [-0.1, -0.05) is 0 Å². The summed E-state index contributed by atoms with van der Waals surface area (Å²) in [4.78, 5) is 4.24. The molecular weight excluding hydrogens is 452 g/mol. The van der Waals surface area contributed by atoms with Crippen molar-refractivity contribution in [2.75, 3.05) is 5.73 Å². The van der Waals surface area contributed by atoms with Crippen LogP contribution in [0.3, 0.4) is 0 Å². The van der Waals surface area contributed by atoms with E-state index < -0.39 is 23.8 Å². The van der Waals surface area contributed by atoms with Gasteiger partial charge in [-0.2, -0.15) is 23.4 Å². The van der Waals surface area contributed by atoms with E-state index in [0.717, 1.165) is 6.07 Å². The number of aromatic nitrogens is 5. The quantitative estimate of drug-likeness (QED) is 0.391. The van der Waals surface area contributed by atoms with Gasteiger partial charge in [0.05, 0.1) is 24.1 Å². The van der Waals surface area contributed by atoms with Crippen LogP contribution >= 0.6 is 0 Å². The fraction of sp³-hybridized carbons (Fsp3) is 0.261. The Morgan fingerprint density at radius 1 is 1.18 bits per heavy atom. The topological polar surface area (TPSA) is 83.8 Å². The lowest BCUT2D eigenvalue weighted by molar-refractivity contribution is -0.141. The van der Waals surface area contributed by atoms with Gasteiger partial charge < -0.3 is 10.5 Å². The van der Waals surface area contributed by atoms with E-state index in [1.807, 2.05) is 6.92 Å². The Morgan fingerprint density at radius 3 is 2.71 bits per heavy atom. The Balaban J connectivity index is 1.82. The largest absolute Gasteiger partial charge is 0.482 e. The number of nitrogen functional groups attached to an aromatic ring is 1. The predicted octanol–water partition coefficient (Wildman–Crippen LogP) is 5.07. The average molecular weight is 472 g/mol. The molecule has 2 N–H and O–H groups in total. The van der Waals surface area contributed by atoms with Crippen molar-refractivity contribution in [1.29, 1.82) is 0 Å². The second-order valence-electron chi connectivity index (χ2n) is 8.00. The minimum atomic E-state index is -4.66. The van der Waals surface area contributed by atoms with Crippen molar-refractivity contribution in [3.8, 4) is 28.3 Å². The first kappa shape index (κ1) is 21.9. The maximum Gasteiger partial charge on any atom is 0.435 e. The van der Waals surface area contributed by atoms with Gasteiger partial charge in [0.1, 0.15) is 11.9 Å². The van der Waals surface area contributed by atoms with E-state index in [4.69, 9.17) is 10.5 Å². The van der Waals surface area contributed by atoms with Crippen molar-refractivity contribution < 1.29 is 22.3 Å². The molecule has 1 atom stereocenters. The van der Waals surface area contributed by atoms with Crippen LogP contribution in [0.2, 0.25) is 0 Å². The van der Waals surface area contributed by atoms with E-state index >= 15 is 0 Å². The number of nitrogens with zero attached hydrogens (tertiary/aromatic N) is 5. The summed E-state index contributed by atoms with van der Waals surface area (Å²) < 4.78 is 64.2. The molecule has 2 bridgehead atoms. The monoisotopic (exact) mass is 472 g/mol. The van der Waals surface area contributed by atoms with Crippen molar-refractivity contribution in [3.05, 3.63) is 65.4 Å². The van der Waals surface area contributed by atoms with Crippen molar-refractivity contribution >= 4 is 5.82 Å². The molecule has 34 heavy (non-hydrogen) atoms. The van der Waals surface area contributed by atoms with E-state index in [1.165, 1.54) is 22.9 Å². The normalized spacial score (nSPS) is 15.4. The van der Waals surface area contributed by atoms with Crippen LogP contribution in [0.5, 0.6) is 5.75 Å². The van der Waals surface area contributed by atoms with Crippen LogP contribution in [-0.4, -0.2) is 24.5 Å². The third kappa shape index (κ3) is 3.66. The molecule has 0 saturated heterocycles. The number of ether oxygens (including phenoxy) is 1. The van der Waals surface area contributed by atoms with Gasteiger partial charge in [0, 0.05) is 35.0 Å². The summed E-state index contributed by atoms with van der Waals surface area (Å²) in [5.74, 6) is -0.131. The zero-order chi connectivity index (χ0) is 24.2. The second kappa shape index (κ2) is 7.86. The third-order valence-electron chi connectivity index (χ3n) is 5.79. The molecule has 1 unspecified atom stereocenters. The van der Waals surface area contributed by atoms with Gasteiger partial charge in [-0.15, -0.1) is 0 Å². The van der Waals surface area contributed by atoms with Crippen molar-refractivity contribution in [1.82, 2.24) is 24.5 Å². The highest BCUT2D eigenvalue weighted by atomic mass is 19.4. The summed E-state index contributed by atoms with van der Waals surface area (Å²) in [5, 5.41) is 8.25. The number of halogens is 4. The molecule has 0 radical (unpaired) electrons. The highest BCUT2D eigenvalue weighted by molar-refractivity contribution is 5.69. The van der Waals surface area contributed by atoms with E-state index in [2.05, 4.69) is 15.2 Å². The van der Waals surface area contributed by atoms with Crippen LogP contribution in [0, 0.1) is 5.82 Å². The predicted molar refractivity (Wildman–Crippen MR) is 116 cm³/mol. The first-order chi connectivity index (χ1) is 16.2. The van der Waals surface area contributed by atoms with E-state index in [9.17, 15) is 17.6 Å². The Bertz CT molecular complexity index is 1390. The fourth-order valence-electron chi connectivity index (χ4n) is 4.20. The summed E-state index contributed by atoms with van der Waals surface area (Å²) in [5.41, 5.74) is 7.84. The number of alkyl halides is 3. The Labute approximate surface area is 191 Å². The molecule has 176 valence electrons. The molecule has 0 saturated carbocycles. The number of rotatable bonds is 1. The molecule has 3 aromatic heterocycles. The molecule has 1 aromatic carbocycles. The van der Waals surface area contributed by atoms with Gasteiger partial charge in [-0.3, -0.25) is 9.36 Å². The molecule has 1 aliphatic rings. The van der Waals surface area contributed by atoms with Crippen molar-refractivity contribution in [2.24, 2.45) is 0 Å². The first-order valence-electron chi connectivity index (χ1n) is 10.6. The Hall–Kier alpha value is -3.89. The second-order valence-corrected chi connectivity index (χ2v) is 8.00. The lowest BCUT2D eigenvalue weighted by Crippen LogP contribution is -2.12. The fourth-order valence-corrected chi connectivity index (χ4v) is 4.20. The van der Waals surface area contributed by atoms with E-state index in [-0.39, 0.29) is 23.8 Å². The molecule has 4 aromatic rings. The summed E-state index contributed by atoms with van der Waals surface area (Å²) in [6.45, 7) is 4.10. The Morgan fingerprint density at radius 2 is 1.97 bits per heavy atom. The van der Waals surface area contributed by atoms with Crippen LogP contribution in [0.15, 0.2) is 42.7 Å². The number of aryl methyl sites for hydroxylation is 1. The van der Waals surface area contributed by atoms with Gasteiger partial charge >= 0.3 is 6.18 Å². The van der Waals surface area contributed by atoms with Crippen LogP contribution < -0.4 is 10.5 Å². The summed E-state index contributed by atoms with van der Waals surface area (Å²) >= 11 is 0. The first-order valence-corrected chi connectivity index (χ1v) is 10.6. The van der Waals surface area contributed by atoms with E-state index in [1.54, 1.807) is 30.1 Å². The molecule has 0 fully saturated rings. The number of hydrogen-bond acceptors (Lipinski definition) is 5. The molecular formula is C23H20F4N6O. The van der Waals surface area contributed by atoms with Crippen molar-refractivity contribution in [3.63, 3.8) is 0 Å². The minimum Gasteiger partial charge on any atom is -0.482 e. The van der Waals surface area contributed by atoms with Crippen molar-refractivity contribution in [2.45, 2.75) is 39.2 Å². The lowest BCUT2D eigenvalue weighted by Gasteiger charge is -2.21.